The third kappa shape index (κ3) is 6.34. The Morgan fingerprint density at radius 3 is 2.52 bits per heavy atom. The van der Waals surface area contributed by atoms with Gasteiger partial charge in [-0.1, -0.05) is 99.3 Å². The topological polar surface area (TPSA) is 91.0 Å². The average molecular weight is 668 g/mol. The molecule has 0 aromatic heterocycles. The van der Waals surface area contributed by atoms with E-state index in [0.717, 1.165) is 38.9 Å². The zero-order chi connectivity index (χ0) is 32.6. The molecule has 1 spiro atoms. The van der Waals surface area contributed by atoms with Crippen LogP contribution in [0.15, 0.2) is 60.7 Å². The number of fused-ring (bicyclic) bond motifs is 1. The number of hydrogen-bond acceptors (Lipinski definition) is 5. The van der Waals surface area contributed by atoms with Crippen LogP contribution in [-0.4, -0.2) is 70.9 Å². The van der Waals surface area contributed by atoms with Crippen molar-refractivity contribution in [1.29, 1.82) is 0 Å². The first-order valence-corrected chi connectivity index (χ1v) is 17.4. The maximum absolute atomic E-state index is 14.4. The Hall–Kier alpha value is -2.91. The molecule has 46 heavy (non-hydrogen) atoms. The number of ether oxygens (including phenoxy) is 1. The predicted octanol–water partition coefficient (Wildman–Crippen LogP) is 5.94. The van der Waals surface area contributed by atoms with Crippen LogP contribution >= 0.6 is 23.2 Å². The molecular weight excluding hydrogens is 623 g/mol. The lowest BCUT2D eigenvalue weighted by Gasteiger charge is -2.38. The number of halogens is 2. The highest BCUT2D eigenvalue weighted by molar-refractivity contribution is 6.35. The van der Waals surface area contributed by atoms with E-state index < -0.39 is 29.6 Å². The Kier molecular flexibility index (Phi) is 9.81. The maximum atomic E-state index is 14.4. The molecule has 0 radical (unpaired) electrons. The van der Waals surface area contributed by atoms with Crippen molar-refractivity contribution in [2.45, 2.75) is 76.8 Å². The lowest BCUT2D eigenvalue weighted by atomic mass is 9.73. The van der Waals surface area contributed by atoms with E-state index in [1.165, 1.54) is 5.56 Å². The number of benzene rings is 2. The molecule has 3 heterocycles. The van der Waals surface area contributed by atoms with Gasteiger partial charge in [0, 0.05) is 41.4 Å². The van der Waals surface area contributed by atoms with Crippen molar-refractivity contribution in [2.24, 2.45) is 23.7 Å². The van der Waals surface area contributed by atoms with E-state index >= 15 is 0 Å². The summed E-state index contributed by atoms with van der Waals surface area (Å²) in [5, 5.41) is 7.02. The van der Waals surface area contributed by atoms with E-state index in [2.05, 4.69) is 48.4 Å². The number of carbonyl (C=O) groups excluding carboxylic acids is 3. The molecule has 2 aromatic carbocycles. The van der Waals surface area contributed by atoms with Gasteiger partial charge in [0.25, 0.3) is 0 Å². The third-order valence-electron chi connectivity index (χ3n) is 10.7. The van der Waals surface area contributed by atoms with Gasteiger partial charge in [-0.15, -0.1) is 0 Å². The molecule has 6 rings (SSSR count). The number of rotatable bonds is 11. The van der Waals surface area contributed by atoms with Crippen molar-refractivity contribution in [1.82, 2.24) is 15.1 Å². The first-order chi connectivity index (χ1) is 22.1. The monoisotopic (exact) mass is 666 g/mol. The number of amides is 3. The lowest BCUT2D eigenvalue weighted by Crippen LogP contribution is -2.58. The molecule has 2 aromatic rings. The van der Waals surface area contributed by atoms with Crippen LogP contribution in [0.2, 0.25) is 10.0 Å². The van der Waals surface area contributed by atoms with Crippen molar-refractivity contribution in [3.63, 3.8) is 0 Å². The minimum atomic E-state index is -1.21. The Bertz CT molecular complexity index is 1470. The Labute approximate surface area is 281 Å². The molecule has 2 saturated heterocycles. The minimum absolute atomic E-state index is 0.0272. The van der Waals surface area contributed by atoms with E-state index in [9.17, 15) is 14.4 Å². The van der Waals surface area contributed by atoms with Crippen LogP contribution in [0.25, 0.3) is 0 Å². The van der Waals surface area contributed by atoms with Crippen LogP contribution in [-0.2, 0) is 25.7 Å². The fourth-order valence-corrected chi connectivity index (χ4v) is 8.59. The summed E-state index contributed by atoms with van der Waals surface area (Å²) < 4.78 is 6.54. The van der Waals surface area contributed by atoms with Gasteiger partial charge in [-0.3, -0.25) is 19.3 Å². The fraction of sp³-hybridized carbons (Fsp3) is 0.528. The number of likely N-dealkylation sites (tertiary alicyclic amines) is 1. The smallest absolute Gasteiger partial charge is 0.246 e. The third-order valence-corrected chi connectivity index (χ3v) is 11.1. The number of carbonyl (C=O) groups is 3. The summed E-state index contributed by atoms with van der Waals surface area (Å²) in [5.41, 5.74) is 0.463. The Morgan fingerprint density at radius 1 is 1.07 bits per heavy atom. The summed E-state index contributed by atoms with van der Waals surface area (Å²) >= 11 is 12.4. The van der Waals surface area contributed by atoms with Crippen LogP contribution in [0.1, 0.15) is 52.0 Å². The van der Waals surface area contributed by atoms with Crippen molar-refractivity contribution in [3.8, 4) is 0 Å². The highest BCUT2D eigenvalue weighted by Gasteiger charge is 2.72. The molecule has 2 bridgehead atoms. The van der Waals surface area contributed by atoms with Crippen LogP contribution in [0.3, 0.4) is 0 Å². The summed E-state index contributed by atoms with van der Waals surface area (Å²) in [6.45, 7) is 9.37. The van der Waals surface area contributed by atoms with Crippen LogP contribution in [0.4, 0.5) is 5.69 Å². The predicted molar refractivity (Wildman–Crippen MR) is 180 cm³/mol. The van der Waals surface area contributed by atoms with Crippen molar-refractivity contribution < 1.29 is 19.1 Å². The normalized spacial score (nSPS) is 31.4. The molecule has 1 aliphatic carbocycles. The summed E-state index contributed by atoms with van der Waals surface area (Å²) in [5.74, 6) is -1.56. The number of hydrogen-bond donors (Lipinski definition) is 2. The van der Waals surface area contributed by atoms with Gasteiger partial charge >= 0.3 is 0 Å². The summed E-state index contributed by atoms with van der Waals surface area (Å²) in [6, 6.07) is 14.3. The molecular formula is C36H44Cl2N4O4. The van der Waals surface area contributed by atoms with Gasteiger partial charge in [0.1, 0.15) is 11.6 Å². The Balaban J connectivity index is 1.24. The summed E-state index contributed by atoms with van der Waals surface area (Å²) in [4.78, 5) is 46.6. The molecule has 8 unspecified atom stereocenters. The number of nitrogens with one attached hydrogen (secondary N) is 2. The summed E-state index contributed by atoms with van der Waals surface area (Å²) in [6.07, 6.45) is 6.88. The van der Waals surface area contributed by atoms with E-state index in [1.54, 1.807) is 23.1 Å². The zero-order valence-corrected chi connectivity index (χ0v) is 28.3. The highest BCUT2D eigenvalue weighted by Crippen LogP contribution is 2.55. The van der Waals surface area contributed by atoms with Crippen molar-refractivity contribution in [3.05, 3.63) is 76.3 Å². The van der Waals surface area contributed by atoms with Crippen LogP contribution in [0.5, 0.6) is 0 Å². The molecule has 4 aliphatic rings. The van der Waals surface area contributed by atoms with Gasteiger partial charge in [0.2, 0.25) is 17.7 Å². The first kappa shape index (κ1) is 33.0. The molecule has 8 atom stereocenters. The number of nitrogens with zero attached hydrogens (tertiary/aromatic N) is 2. The van der Waals surface area contributed by atoms with Gasteiger partial charge in [0.05, 0.1) is 17.9 Å². The molecule has 10 heteroatoms. The molecule has 3 aliphatic heterocycles. The van der Waals surface area contributed by atoms with E-state index in [1.807, 2.05) is 30.4 Å². The minimum Gasteiger partial charge on any atom is -0.359 e. The van der Waals surface area contributed by atoms with Gasteiger partial charge in [0.15, 0.2) is 0 Å². The second kappa shape index (κ2) is 13.7. The quantitative estimate of drug-likeness (QED) is 0.290. The molecule has 3 fully saturated rings. The van der Waals surface area contributed by atoms with Crippen molar-refractivity contribution >= 4 is 46.6 Å². The average Bonchev–Trinajstić information content (AvgIpc) is 3.66. The van der Waals surface area contributed by atoms with Crippen LogP contribution in [0, 0.1) is 23.7 Å². The highest BCUT2D eigenvalue weighted by atomic mass is 35.5. The van der Waals surface area contributed by atoms with E-state index in [4.69, 9.17) is 27.9 Å². The van der Waals surface area contributed by atoms with Gasteiger partial charge in [-0.25, -0.2) is 0 Å². The maximum Gasteiger partial charge on any atom is 0.246 e. The largest absolute Gasteiger partial charge is 0.359 e. The van der Waals surface area contributed by atoms with Gasteiger partial charge in [-0.2, -0.15) is 0 Å². The van der Waals surface area contributed by atoms with E-state index in [0.29, 0.717) is 40.5 Å². The molecule has 8 nitrogen and oxygen atoms in total. The number of anilines is 1. The summed E-state index contributed by atoms with van der Waals surface area (Å²) in [7, 11) is 0. The zero-order valence-electron chi connectivity index (χ0n) is 26.8. The van der Waals surface area contributed by atoms with Crippen LogP contribution < -0.4 is 10.6 Å². The fourth-order valence-electron chi connectivity index (χ4n) is 8.06. The standard InChI is InChI=1S/C36H44Cl2N4O4/c1-4-41(21-24-11-6-5-7-12-24)16-9-17-42-32(34(44)40-28-13-8-10-22(2)23(28)3)36-15-14-29(46-36)30(31(36)35(42)45)33(43)39-27-19-25(37)18-26(38)20-27/h5-7,11-12,14-15,18-20,22-23,28-32H,4,8-10,13,16-17,21H2,1-3H3,(H,39,43)(H,40,44). The van der Waals surface area contributed by atoms with Crippen molar-refractivity contribution in [2.75, 3.05) is 25.0 Å². The second-order valence-corrected chi connectivity index (χ2v) is 14.3. The van der Waals surface area contributed by atoms with E-state index in [-0.39, 0.29) is 23.8 Å². The molecule has 1 saturated carbocycles. The first-order valence-electron chi connectivity index (χ1n) is 16.6. The van der Waals surface area contributed by atoms with Gasteiger partial charge in [-0.05, 0) is 55.0 Å². The molecule has 246 valence electrons. The SMILES string of the molecule is CCN(CCCN1C(=O)C2C(C(=O)Nc3cc(Cl)cc(Cl)c3)C3C=CC2(O3)C1C(=O)NC1CCCC(C)C1C)Cc1ccccc1. The second-order valence-electron chi connectivity index (χ2n) is 13.5. The van der Waals surface area contributed by atoms with Gasteiger partial charge < -0.3 is 20.3 Å². The lowest BCUT2D eigenvalue weighted by molar-refractivity contribution is -0.141. The molecule has 3 amide bonds. The molecule has 2 N–H and O–H groups in total. The Morgan fingerprint density at radius 2 is 1.80 bits per heavy atom.